The number of hydrogen-bond acceptors (Lipinski definition) is 6. The van der Waals surface area contributed by atoms with E-state index in [4.69, 9.17) is 10.3 Å². The van der Waals surface area contributed by atoms with Crippen molar-refractivity contribution in [1.82, 2.24) is 19.9 Å². The number of nitrogens with two attached hydrogens (primary N) is 1. The van der Waals surface area contributed by atoms with E-state index in [1.54, 1.807) is 6.07 Å². The number of benzene rings is 1. The van der Waals surface area contributed by atoms with Gasteiger partial charge in [0.25, 0.3) is 0 Å². The van der Waals surface area contributed by atoms with Crippen molar-refractivity contribution in [3.8, 4) is 0 Å². The molecule has 2 aromatic rings. The fraction of sp³-hybridized carbons (Fsp3) is 0.438. The Bertz CT molecular complexity index is 699. The van der Waals surface area contributed by atoms with Crippen molar-refractivity contribution in [3.05, 3.63) is 47.1 Å². The first-order valence-electron chi connectivity index (χ1n) is 7.64. The van der Waals surface area contributed by atoms with Crippen LogP contribution in [0.15, 0.2) is 28.8 Å². The summed E-state index contributed by atoms with van der Waals surface area (Å²) in [4.78, 5) is 20.2. The van der Waals surface area contributed by atoms with Gasteiger partial charge in [0.2, 0.25) is 11.8 Å². The largest absolute Gasteiger partial charge is 0.366 e. The average molecular weight is 315 g/mol. The van der Waals surface area contributed by atoms with Crippen LogP contribution in [0.25, 0.3) is 0 Å². The number of nitrogens with zero attached hydrogens (tertiary/aromatic N) is 4. The summed E-state index contributed by atoms with van der Waals surface area (Å²) in [5, 5.41) is 3.88. The van der Waals surface area contributed by atoms with Gasteiger partial charge in [-0.2, -0.15) is 4.98 Å². The van der Waals surface area contributed by atoms with E-state index in [1.807, 2.05) is 25.1 Å². The highest BCUT2D eigenvalue weighted by Crippen LogP contribution is 2.23. The second-order valence-corrected chi connectivity index (χ2v) is 5.98. The maximum Gasteiger partial charge on any atom is 0.248 e. The molecule has 1 unspecified atom stereocenters. The fourth-order valence-corrected chi connectivity index (χ4v) is 2.87. The molecule has 0 spiro atoms. The van der Waals surface area contributed by atoms with Gasteiger partial charge < -0.3 is 10.3 Å². The van der Waals surface area contributed by atoms with Crippen LogP contribution in [-0.4, -0.2) is 52.5 Å². The van der Waals surface area contributed by atoms with Crippen molar-refractivity contribution in [2.45, 2.75) is 19.5 Å². The van der Waals surface area contributed by atoms with Crippen LogP contribution in [0, 0.1) is 6.92 Å². The Hall–Kier alpha value is -2.25. The van der Waals surface area contributed by atoms with E-state index in [9.17, 15) is 4.79 Å². The van der Waals surface area contributed by atoms with E-state index >= 15 is 0 Å². The molecular weight excluding hydrogens is 294 g/mol. The first-order chi connectivity index (χ1) is 11.0. The van der Waals surface area contributed by atoms with Gasteiger partial charge in [-0.15, -0.1) is 0 Å². The molecule has 1 aromatic carbocycles. The summed E-state index contributed by atoms with van der Waals surface area (Å²) in [6, 6.07) is 7.55. The fourth-order valence-electron chi connectivity index (χ4n) is 2.87. The van der Waals surface area contributed by atoms with E-state index in [0.717, 1.165) is 31.7 Å². The second-order valence-electron chi connectivity index (χ2n) is 5.98. The maximum absolute atomic E-state index is 11.3. The standard InChI is InChI=1S/C16H21N5O2/c1-11-18-16(23-19-11)14-10-21(7-6-20(14)2)9-12-4-3-5-13(8-12)15(17)22/h3-5,8,14H,6-7,9-10H2,1-2H3,(H2,17,22). The summed E-state index contributed by atoms with van der Waals surface area (Å²) < 4.78 is 5.33. The molecule has 2 heterocycles. The normalized spacial score (nSPS) is 19.8. The molecule has 0 bridgehead atoms. The van der Waals surface area contributed by atoms with E-state index in [1.165, 1.54) is 0 Å². The maximum atomic E-state index is 11.3. The molecular formula is C16H21N5O2. The zero-order valence-corrected chi connectivity index (χ0v) is 13.4. The lowest BCUT2D eigenvalue weighted by Crippen LogP contribution is -2.46. The van der Waals surface area contributed by atoms with Crippen LogP contribution in [0.5, 0.6) is 0 Å². The van der Waals surface area contributed by atoms with E-state index in [2.05, 4.69) is 27.0 Å². The molecule has 7 nitrogen and oxygen atoms in total. The Balaban J connectivity index is 1.71. The number of primary amides is 1. The number of rotatable bonds is 4. The Morgan fingerprint density at radius 1 is 1.43 bits per heavy atom. The van der Waals surface area contributed by atoms with E-state index < -0.39 is 5.91 Å². The Labute approximate surface area is 135 Å². The lowest BCUT2D eigenvalue weighted by atomic mass is 10.1. The minimum Gasteiger partial charge on any atom is -0.366 e. The molecule has 1 saturated heterocycles. The van der Waals surface area contributed by atoms with Gasteiger partial charge in [0.05, 0.1) is 0 Å². The molecule has 3 rings (SSSR count). The molecule has 1 aliphatic heterocycles. The predicted octanol–water partition coefficient (Wildman–Crippen LogP) is 0.966. The van der Waals surface area contributed by atoms with Crippen LogP contribution in [0.3, 0.4) is 0 Å². The van der Waals surface area contributed by atoms with Crippen LogP contribution in [0.1, 0.15) is 33.7 Å². The number of carbonyl (C=O) groups is 1. The SMILES string of the molecule is Cc1noc(C2CN(Cc3cccc(C(N)=O)c3)CCN2C)n1. The number of carbonyl (C=O) groups excluding carboxylic acids is 1. The quantitative estimate of drug-likeness (QED) is 0.904. The zero-order valence-electron chi connectivity index (χ0n) is 13.4. The molecule has 122 valence electrons. The molecule has 1 atom stereocenters. The highest BCUT2D eigenvalue weighted by Gasteiger charge is 2.29. The van der Waals surface area contributed by atoms with Gasteiger partial charge in [0.15, 0.2) is 5.82 Å². The number of hydrogen-bond donors (Lipinski definition) is 1. The summed E-state index contributed by atoms with van der Waals surface area (Å²) in [5.74, 6) is 0.907. The molecule has 2 N–H and O–H groups in total. The van der Waals surface area contributed by atoms with Gasteiger partial charge in [-0.25, -0.2) is 0 Å². The minimum absolute atomic E-state index is 0.0873. The van der Waals surface area contributed by atoms with Crippen molar-refractivity contribution in [3.63, 3.8) is 0 Å². The van der Waals surface area contributed by atoms with E-state index in [0.29, 0.717) is 17.3 Å². The summed E-state index contributed by atoms with van der Waals surface area (Å²) in [6.45, 7) is 5.25. The summed E-state index contributed by atoms with van der Waals surface area (Å²) in [7, 11) is 2.06. The molecule has 7 heteroatoms. The van der Waals surface area contributed by atoms with Crippen molar-refractivity contribution < 1.29 is 9.32 Å². The molecule has 1 aliphatic rings. The van der Waals surface area contributed by atoms with E-state index in [-0.39, 0.29) is 6.04 Å². The number of likely N-dealkylation sites (N-methyl/N-ethyl adjacent to an activating group) is 1. The first-order valence-corrected chi connectivity index (χ1v) is 7.64. The van der Waals surface area contributed by atoms with Crippen LogP contribution in [0.2, 0.25) is 0 Å². The minimum atomic E-state index is -0.399. The number of amides is 1. The predicted molar refractivity (Wildman–Crippen MR) is 84.6 cm³/mol. The van der Waals surface area contributed by atoms with Gasteiger partial charge in [-0.1, -0.05) is 17.3 Å². The first kappa shape index (κ1) is 15.6. The third-order valence-electron chi connectivity index (χ3n) is 4.18. The molecule has 0 aliphatic carbocycles. The summed E-state index contributed by atoms with van der Waals surface area (Å²) in [6.07, 6.45) is 0. The third-order valence-corrected chi connectivity index (χ3v) is 4.18. The van der Waals surface area contributed by atoms with Gasteiger partial charge in [0, 0.05) is 31.7 Å². The number of aromatic nitrogens is 2. The monoisotopic (exact) mass is 315 g/mol. The molecule has 0 saturated carbocycles. The lowest BCUT2D eigenvalue weighted by Gasteiger charge is -2.37. The van der Waals surface area contributed by atoms with Crippen LogP contribution in [0.4, 0.5) is 0 Å². The van der Waals surface area contributed by atoms with Crippen molar-refractivity contribution in [2.75, 3.05) is 26.7 Å². The third kappa shape index (κ3) is 3.57. The molecule has 1 amide bonds. The van der Waals surface area contributed by atoms with Crippen LogP contribution < -0.4 is 5.73 Å². The van der Waals surface area contributed by atoms with Crippen molar-refractivity contribution in [2.24, 2.45) is 5.73 Å². The lowest BCUT2D eigenvalue weighted by molar-refractivity contribution is 0.0714. The van der Waals surface area contributed by atoms with Crippen LogP contribution in [-0.2, 0) is 6.54 Å². The molecule has 1 fully saturated rings. The van der Waals surface area contributed by atoms with Gasteiger partial charge in [-0.05, 0) is 31.7 Å². The Kier molecular flexibility index (Phi) is 4.40. The molecule has 1 aromatic heterocycles. The van der Waals surface area contributed by atoms with Gasteiger partial charge in [-0.3, -0.25) is 14.6 Å². The number of aryl methyl sites for hydroxylation is 1. The Morgan fingerprint density at radius 2 is 2.26 bits per heavy atom. The second kappa shape index (κ2) is 6.47. The van der Waals surface area contributed by atoms with Crippen LogP contribution >= 0.6 is 0 Å². The Morgan fingerprint density at radius 3 is 2.96 bits per heavy atom. The van der Waals surface area contributed by atoms with Crippen molar-refractivity contribution >= 4 is 5.91 Å². The smallest absolute Gasteiger partial charge is 0.248 e. The van der Waals surface area contributed by atoms with Gasteiger partial charge in [0.1, 0.15) is 6.04 Å². The average Bonchev–Trinajstić information content (AvgIpc) is 2.96. The van der Waals surface area contributed by atoms with Crippen molar-refractivity contribution in [1.29, 1.82) is 0 Å². The number of piperazine rings is 1. The summed E-state index contributed by atoms with van der Waals surface area (Å²) in [5.41, 5.74) is 6.97. The topological polar surface area (TPSA) is 88.5 Å². The molecule has 23 heavy (non-hydrogen) atoms. The molecule has 0 radical (unpaired) electrons. The zero-order chi connectivity index (χ0) is 16.4. The highest BCUT2D eigenvalue weighted by atomic mass is 16.5. The highest BCUT2D eigenvalue weighted by molar-refractivity contribution is 5.92. The van der Waals surface area contributed by atoms with Gasteiger partial charge >= 0.3 is 0 Å². The summed E-state index contributed by atoms with van der Waals surface area (Å²) >= 11 is 0.